The Bertz CT molecular complexity index is 674. The zero-order valence-electron chi connectivity index (χ0n) is 10.2. The number of aryl methyl sites for hydroxylation is 1. The molecule has 0 radical (unpaired) electrons. The molecule has 98 valence electrons. The van der Waals surface area contributed by atoms with Crippen molar-refractivity contribution < 1.29 is 9.50 Å². The third-order valence-corrected chi connectivity index (χ3v) is 3.35. The van der Waals surface area contributed by atoms with Gasteiger partial charge in [0.15, 0.2) is 0 Å². The fourth-order valence-corrected chi connectivity index (χ4v) is 2.45. The third kappa shape index (κ3) is 2.23. The highest BCUT2D eigenvalue weighted by Crippen LogP contribution is 2.23. The number of phenols is 1. The first-order chi connectivity index (χ1) is 9.13. The monoisotopic (exact) mass is 260 g/mol. The van der Waals surface area contributed by atoms with Gasteiger partial charge in [0.25, 0.3) is 5.56 Å². The number of aromatic hydroxyl groups is 1. The molecule has 1 aromatic carbocycles. The summed E-state index contributed by atoms with van der Waals surface area (Å²) in [6.45, 7) is 0. The van der Waals surface area contributed by atoms with Crippen LogP contribution in [0.25, 0.3) is 11.4 Å². The first-order valence-electron chi connectivity index (χ1n) is 6.25. The Labute approximate surface area is 109 Å². The van der Waals surface area contributed by atoms with E-state index in [4.69, 9.17) is 0 Å². The number of fused-ring (bicyclic) bond motifs is 1. The van der Waals surface area contributed by atoms with Crippen LogP contribution in [0.1, 0.15) is 24.1 Å². The molecule has 2 N–H and O–H groups in total. The zero-order valence-corrected chi connectivity index (χ0v) is 10.2. The maximum absolute atomic E-state index is 13.3. The molecule has 0 saturated heterocycles. The number of rotatable bonds is 1. The van der Waals surface area contributed by atoms with Crippen LogP contribution in [0, 0.1) is 5.82 Å². The fraction of sp³-hybridized carbons (Fsp3) is 0.286. The van der Waals surface area contributed by atoms with Gasteiger partial charge >= 0.3 is 0 Å². The minimum atomic E-state index is -0.560. The molecule has 19 heavy (non-hydrogen) atoms. The fourth-order valence-electron chi connectivity index (χ4n) is 2.45. The van der Waals surface area contributed by atoms with Crippen LogP contribution in [-0.4, -0.2) is 15.1 Å². The van der Waals surface area contributed by atoms with E-state index in [2.05, 4.69) is 9.97 Å². The van der Waals surface area contributed by atoms with Gasteiger partial charge in [0.2, 0.25) is 0 Å². The highest BCUT2D eigenvalue weighted by molar-refractivity contribution is 5.57. The molecule has 0 spiro atoms. The van der Waals surface area contributed by atoms with E-state index < -0.39 is 5.82 Å². The maximum atomic E-state index is 13.3. The van der Waals surface area contributed by atoms with Gasteiger partial charge in [-0.2, -0.15) is 0 Å². The number of aromatic amines is 1. The van der Waals surface area contributed by atoms with E-state index in [0.717, 1.165) is 43.0 Å². The number of benzene rings is 1. The van der Waals surface area contributed by atoms with Crippen molar-refractivity contribution in [3.8, 4) is 17.1 Å². The van der Waals surface area contributed by atoms with Crippen molar-refractivity contribution in [3.63, 3.8) is 0 Å². The number of halogens is 1. The van der Waals surface area contributed by atoms with Crippen LogP contribution in [0.4, 0.5) is 4.39 Å². The van der Waals surface area contributed by atoms with Gasteiger partial charge in [-0.1, -0.05) is 0 Å². The van der Waals surface area contributed by atoms with E-state index in [1.54, 1.807) is 0 Å². The second-order valence-electron chi connectivity index (χ2n) is 4.74. The van der Waals surface area contributed by atoms with Gasteiger partial charge in [0.05, 0.1) is 5.69 Å². The number of hydrogen-bond donors (Lipinski definition) is 2. The van der Waals surface area contributed by atoms with Crippen molar-refractivity contribution in [3.05, 3.63) is 45.6 Å². The summed E-state index contributed by atoms with van der Waals surface area (Å²) >= 11 is 0. The summed E-state index contributed by atoms with van der Waals surface area (Å²) in [6, 6.07) is 3.64. The molecular weight excluding hydrogens is 247 g/mol. The molecule has 0 fully saturated rings. The van der Waals surface area contributed by atoms with Crippen LogP contribution in [0.15, 0.2) is 23.0 Å². The molecule has 0 atom stereocenters. The third-order valence-electron chi connectivity index (χ3n) is 3.35. The van der Waals surface area contributed by atoms with Crippen molar-refractivity contribution in [2.45, 2.75) is 25.7 Å². The molecule has 2 aromatic rings. The molecule has 1 aliphatic carbocycles. The van der Waals surface area contributed by atoms with Gasteiger partial charge in [-0.25, -0.2) is 9.37 Å². The topological polar surface area (TPSA) is 66.0 Å². The second kappa shape index (κ2) is 4.50. The number of hydrogen-bond acceptors (Lipinski definition) is 3. The van der Waals surface area contributed by atoms with E-state index >= 15 is 0 Å². The molecule has 0 unspecified atom stereocenters. The molecule has 0 saturated carbocycles. The summed E-state index contributed by atoms with van der Waals surface area (Å²) in [4.78, 5) is 19.0. The minimum absolute atomic E-state index is 0.163. The average molecular weight is 260 g/mol. The molecule has 1 aliphatic rings. The van der Waals surface area contributed by atoms with Gasteiger partial charge in [0, 0.05) is 17.2 Å². The molecule has 1 heterocycles. The predicted octanol–water partition coefficient (Wildman–Crippen LogP) is 2.16. The molecule has 3 rings (SSSR count). The van der Waals surface area contributed by atoms with E-state index in [1.807, 2.05) is 0 Å². The Hall–Kier alpha value is -2.17. The summed E-state index contributed by atoms with van der Waals surface area (Å²) in [5.74, 6) is -0.439. The Balaban J connectivity index is 2.15. The molecule has 1 aromatic heterocycles. The van der Waals surface area contributed by atoms with Crippen molar-refractivity contribution in [1.29, 1.82) is 0 Å². The smallest absolute Gasteiger partial charge is 0.254 e. The largest absolute Gasteiger partial charge is 0.508 e. The number of aromatic nitrogens is 2. The lowest BCUT2D eigenvalue weighted by Gasteiger charge is -2.14. The predicted molar refractivity (Wildman–Crippen MR) is 68.6 cm³/mol. The van der Waals surface area contributed by atoms with Crippen molar-refractivity contribution in [1.82, 2.24) is 9.97 Å². The lowest BCUT2D eigenvalue weighted by Crippen LogP contribution is -2.21. The Kier molecular flexibility index (Phi) is 2.81. The number of nitrogens with zero attached hydrogens (tertiary/aromatic N) is 1. The van der Waals surface area contributed by atoms with Crippen LogP contribution >= 0.6 is 0 Å². The van der Waals surface area contributed by atoms with Crippen LogP contribution in [0.3, 0.4) is 0 Å². The average Bonchev–Trinajstić information content (AvgIpc) is 2.37. The highest BCUT2D eigenvalue weighted by Gasteiger charge is 2.16. The first kappa shape index (κ1) is 11.9. The quantitative estimate of drug-likeness (QED) is 0.825. The van der Waals surface area contributed by atoms with Crippen molar-refractivity contribution >= 4 is 0 Å². The molecule has 0 amide bonds. The van der Waals surface area contributed by atoms with Gasteiger partial charge in [-0.3, -0.25) is 4.79 Å². The summed E-state index contributed by atoms with van der Waals surface area (Å²) in [5, 5.41) is 9.40. The second-order valence-corrected chi connectivity index (χ2v) is 4.74. The number of H-pyrrole nitrogens is 1. The number of nitrogens with one attached hydrogen (secondary N) is 1. The SMILES string of the molecule is O=c1[nH]c(-c2cc(O)cc(F)c2)nc2c1CCCC2. The van der Waals surface area contributed by atoms with Gasteiger partial charge in [0.1, 0.15) is 17.4 Å². The van der Waals surface area contributed by atoms with E-state index in [9.17, 15) is 14.3 Å². The van der Waals surface area contributed by atoms with Crippen LogP contribution in [-0.2, 0) is 12.8 Å². The van der Waals surface area contributed by atoms with Gasteiger partial charge in [-0.05, 0) is 37.8 Å². The summed E-state index contributed by atoms with van der Waals surface area (Å²) in [6.07, 6.45) is 3.52. The summed E-state index contributed by atoms with van der Waals surface area (Å²) in [7, 11) is 0. The molecule has 0 aliphatic heterocycles. The Morgan fingerprint density at radius 1 is 1.21 bits per heavy atom. The Morgan fingerprint density at radius 2 is 2.00 bits per heavy atom. The van der Waals surface area contributed by atoms with Crippen LogP contribution in [0.5, 0.6) is 5.75 Å². The molecule has 5 heteroatoms. The normalized spacial score (nSPS) is 14.2. The molecule has 4 nitrogen and oxygen atoms in total. The standard InChI is InChI=1S/C14H13FN2O2/c15-9-5-8(6-10(18)7-9)13-16-12-4-2-1-3-11(12)14(19)17-13/h5-7,18H,1-4H2,(H,16,17,19). The van der Waals surface area contributed by atoms with Crippen LogP contribution in [0.2, 0.25) is 0 Å². The van der Waals surface area contributed by atoms with Gasteiger partial charge in [-0.15, -0.1) is 0 Å². The number of phenolic OH excluding ortho intramolecular Hbond substituents is 1. The zero-order chi connectivity index (χ0) is 13.4. The van der Waals surface area contributed by atoms with E-state index in [-0.39, 0.29) is 11.3 Å². The van der Waals surface area contributed by atoms with Gasteiger partial charge < -0.3 is 10.1 Å². The summed E-state index contributed by atoms with van der Waals surface area (Å²) < 4.78 is 13.3. The van der Waals surface area contributed by atoms with Crippen molar-refractivity contribution in [2.24, 2.45) is 0 Å². The lowest BCUT2D eigenvalue weighted by molar-refractivity contribution is 0.469. The maximum Gasteiger partial charge on any atom is 0.254 e. The van der Waals surface area contributed by atoms with Crippen LogP contribution < -0.4 is 5.56 Å². The van der Waals surface area contributed by atoms with E-state index in [1.165, 1.54) is 12.1 Å². The molecular formula is C14H13FN2O2. The minimum Gasteiger partial charge on any atom is -0.508 e. The van der Waals surface area contributed by atoms with E-state index in [0.29, 0.717) is 11.4 Å². The lowest BCUT2D eigenvalue weighted by atomic mass is 9.97. The summed E-state index contributed by atoms with van der Waals surface area (Å²) in [5.41, 5.74) is 1.73. The molecule has 0 bridgehead atoms. The highest BCUT2D eigenvalue weighted by atomic mass is 19.1. The Morgan fingerprint density at radius 3 is 2.79 bits per heavy atom. The first-order valence-corrected chi connectivity index (χ1v) is 6.25. The van der Waals surface area contributed by atoms with Crippen molar-refractivity contribution in [2.75, 3.05) is 0 Å².